The van der Waals surface area contributed by atoms with Crippen molar-refractivity contribution in [1.82, 2.24) is 10.3 Å². The van der Waals surface area contributed by atoms with E-state index in [-0.39, 0.29) is 18.2 Å². The van der Waals surface area contributed by atoms with Crippen LogP contribution in [-0.2, 0) is 0 Å². The molecule has 1 fully saturated rings. The van der Waals surface area contributed by atoms with Gasteiger partial charge in [-0.2, -0.15) is 0 Å². The summed E-state index contributed by atoms with van der Waals surface area (Å²) in [6, 6.07) is 6.71. The van der Waals surface area contributed by atoms with Crippen molar-refractivity contribution in [2.75, 3.05) is 13.1 Å². The second kappa shape index (κ2) is 6.66. The highest BCUT2D eigenvalue weighted by Crippen LogP contribution is 2.34. The lowest BCUT2D eigenvalue weighted by atomic mass is 9.99. The first-order chi connectivity index (χ1) is 9.24. The van der Waals surface area contributed by atoms with Crippen LogP contribution in [0.25, 0.3) is 11.3 Å². The van der Waals surface area contributed by atoms with Gasteiger partial charge in [-0.3, -0.25) is 0 Å². The first-order valence-electron chi connectivity index (χ1n) is 6.68. The van der Waals surface area contributed by atoms with Gasteiger partial charge in [0.2, 0.25) is 0 Å². The summed E-state index contributed by atoms with van der Waals surface area (Å²) in [5, 5.41) is 4.58. The monoisotopic (exact) mass is 312 g/mol. The van der Waals surface area contributed by atoms with Crippen LogP contribution in [0.5, 0.6) is 0 Å². The summed E-state index contributed by atoms with van der Waals surface area (Å²) >= 11 is 1.76. The standard InChI is InChI=1S/C15H17FN2S.ClH/c1-10-14(12-3-2-4-13(16)9-12)18-15(19-10)11-5-7-17-8-6-11;/h2-4,9,11,17H,5-8H2,1H3;1H. The van der Waals surface area contributed by atoms with E-state index in [1.165, 1.54) is 16.0 Å². The van der Waals surface area contributed by atoms with Crippen molar-refractivity contribution >= 4 is 23.7 Å². The number of benzene rings is 1. The first-order valence-corrected chi connectivity index (χ1v) is 7.49. The van der Waals surface area contributed by atoms with Gasteiger partial charge in [-0.25, -0.2) is 9.37 Å². The lowest BCUT2D eigenvalue weighted by Gasteiger charge is -2.20. The Labute approximate surface area is 128 Å². The molecule has 108 valence electrons. The Kier molecular flexibility index (Phi) is 5.13. The van der Waals surface area contributed by atoms with Crippen molar-refractivity contribution in [2.24, 2.45) is 0 Å². The van der Waals surface area contributed by atoms with Crippen LogP contribution in [-0.4, -0.2) is 18.1 Å². The third-order valence-electron chi connectivity index (χ3n) is 3.60. The average Bonchev–Trinajstić information content (AvgIpc) is 2.82. The van der Waals surface area contributed by atoms with Gasteiger partial charge in [-0.05, 0) is 45.0 Å². The molecule has 1 N–H and O–H groups in total. The predicted octanol–water partition coefficient (Wildman–Crippen LogP) is 4.15. The number of hydrogen-bond donors (Lipinski definition) is 1. The number of aromatic nitrogens is 1. The Morgan fingerprint density at radius 2 is 2.05 bits per heavy atom. The zero-order chi connectivity index (χ0) is 13.2. The number of rotatable bonds is 2. The highest BCUT2D eigenvalue weighted by molar-refractivity contribution is 7.12. The van der Waals surface area contributed by atoms with Gasteiger partial charge in [-0.15, -0.1) is 23.7 Å². The number of hydrogen-bond acceptors (Lipinski definition) is 3. The summed E-state index contributed by atoms with van der Waals surface area (Å²) in [5.74, 6) is 0.362. The van der Waals surface area contributed by atoms with Gasteiger partial charge in [0.05, 0.1) is 10.7 Å². The molecule has 0 atom stereocenters. The van der Waals surface area contributed by atoms with Gasteiger partial charge in [0, 0.05) is 16.4 Å². The Morgan fingerprint density at radius 3 is 2.75 bits per heavy atom. The van der Waals surface area contributed by atoms with Gasteiger partial charge in [-0.1, -0.05) is 12.1 Å². The molecule has 1 aromatic carbocycles. The average molecular weight is 313 g/mol. The van der Waals surface area contributed by atoms with Gasteiger partial charge < -0.3 is 5.32 Å². The van der Waals surface area contributed by atoms with Crippen molar-refractivity contribution in [3.63, 3.8) is 0 Å². The molecule has 1 aromatic heterocycles. The normalized spacial score (nSPS) is 15.9. The highest BCUT2D eigenvalue weighted by atomic mass is 35.5. The minimum Gasteiger partial charge on any atom is -0.317 e. The molecule has 3 rings (SSSR count). The van der Waals surface area contributed by atoms with Gasteiger partial charge in [0.1, 0.15) is 5.82 Å². The minimum atomic E-state index is -0.201. The molecule has 0 saturated carbocycles. The second-order valence-electron chi connectivity index (χ2n) is 4.99. The van der Waals surface area contributed by atoms with Crippen LogP contribution < -0.4 is 5.32 Å². The topological polar surface area (TPSA) is 24.9 Å². The first kappa shape index (κ1) is 15.4. The lowest BCUT2D eigenvalue weighted by Crippen LogP contribution is -2.26. The molecule has 1 aliphatic heterocycles. The predicted molar refractivity (Wildman–Crippen MR) is 84.3 cm³/mol. The van der Waals surface area contributed by atoms with E-state index in [1.807, 2.05) is 6.07 Å². The van der Waals surface area contributed by atoms with Crippen molar-refractivity contribution in [3.8, 4) is 11.3 Å². The van der Waals surface area contributed by atoms with E-state index < -0.39 is 0 Å². The van der Waals surface area contributed by atoms with Crippen molar-refractivity contribution in [1.29, 1.82) is 0 Å². The van der Waals surface area contributed by atoms with Crippen LogP contribution in [0.2, 0.25) is 0 Å². The van der Waals surface area contributed by atoms with E-state index in [0.717, 1.165) is 37.2 Å². The van der Waals surface area contributed by atoms with E-state index >= 15 is 0 Å². The molecule has 0 radical (unpaired) electrons. The number of nitrogens with one attached hydrogen (secondary N) is 1. The zero-order valence-electron chi connectivity index (χ0n) is 11.4. The maximum absolute atomic E-state index is 13.3. The number of aryl methyl sites for hydroxylation is 1. The van der Waals surface area contributed by atoms with E-state index in [4.69, 9.17) is 4.98 Å². The number of piperidine rings is 1. The van der Waals surface area contributed by atoms with Crippen LogP contribution in [0.15, 0.2) is 24.3 Å². The number of thiazole rings is 1. The van der Waals surface area contributed by atoms with Crippen molar-refractivity contribution in [2.45, 2.75) is 25.7 Å². The molecule has 1 saturated heterocycles. The molecular formula is C15H18ClFN2S. The highest BCUT2D eigenvalue weighted by Gasteiger charge is 2.20. The molecule has 2 aromatic rings. The van der Waals surface area contributed by atoms with Gasteiger partial charge in [0.25, 0.3) is 0 Å². The van der Waals surface area contributed by atoms with E-state index in [2.05, 4.69) is 12.2 Å². The molecule has 2 heterocycles. The Bertz CT molecular complexity index is 579. The maximum atomic E-state index is 13.3. The van der Waals surface area contributed by atoms with Crippen LogP contribution in [0.3, 0.4) is 0 Å². The number of nitrogens with zero attached hydrogens (tertiary/aromatic N) is 1. The summed E-state index contributed by atoms with van der Waals surface area (Å²) < 4.78 is 13.3. The fraction of sp³-hybridized carbons (Fsp3) is 0.400. The zero-order valence-corrected chi connectivity index (χ0v) is 13.0. The van der Waals surface area contributed by atoms with Gasteiger partial charge in [0.15, 0.2) is 0 Å². The summed E-state index contributed by atoms with van der Waals surface area (Å²) in [4.78, 5) is 5.95. The molecular weight excluding hydrogens is 295 g/mol. The van der Waals surface area contributed by atoms with Crippen molar-refractivity contribution in [3.05, 3.63) is 40.0 Å². The molecule has 20 heavy (non-hydrogen) atoms. The number of halogens is 2. The molecule has 1 aliphatic rings. The molecule has 2 nitrogen and oxygen atoms in total. The lowest BCUT2D eigenvalue weighted by molar-refractivity contribution is 0.459. The van der Waals surface area contributed by atoms with E-state index in [1.54, 1.807) is 23.5 Å². The minimum absolute atomic E-state index is 0. The smallest absolute Gasteiger partial charge is 0.123 e. The van der Waals surface area contributed by atoms with Crippen molar-refractivity contribution < 1.29 is 4.39 Å². The van der Waals surface area contributed by atoms with E-state index in [0.29, 0.717) is 5.92 Å². The fourth-order valence-corrected chi connectivity index (χ4v) is 3.68. The summed E-state index contributed by atoms with van der Waals surface area (Å²) in [5.41, 5.74) is 1.83. The molecule has 0 spiro atoms. The molecule has 0 bridgehead atoms. The Hall–Kier alpha value is -0.970. The third kappa shape index (κ3) is 3.19. The van der Waals surface area contributed by atoms with Gasteiger partial charge >= 0.3 is 0 Å². The molecule has 5 heteroatoms. The summed E-state index contributed by atoms with van der Waals surface area (Å²) in [6.45, 7) is 4.21. The molecule has 0 aliphatic carbocycles. The largest absolute Gasteiger partial charge is 0.317 e. The molecule has 0 unspecified atom stereocenters. The van der Waals surface area contributed by atoms with Crippen LogP contribution in [0.4, 0.5) is 4.39 Å². The van der Waals surface area contributed by atoms with E-state index in [9.17, 15) is 4.39 Å². The van der Waals surface area contributed by atoms with Crippen LogP contribution in [0, 0.1) is 12.7 Å². The summed E-state index contributed by atoms with van der Waals surface area (Å²) in [6.07, 6.45) is 2.30. The third-order valence-corrected chi connectivity index (χ3v) is 4.73. The SMILES string of the molecule is Cc1sc(C2CCNCC2)nc1-c1cccc(F)c1.Cl. The maximum Gasteiger partial charge on any atom is 0.123 e. The Morgan fingerprint density at radius 1 is 1.30 bits per heavy atom. The van der Waals surface area contributed by atoms with Crippen LogP contribution in [0.1, 0.15) is 28.6 Å². The molecule has 0 amide bonds. The second-order valence-corrected chi connectivity index (χ2v) is 6.23. The summed E-state index contributed by atoms with van der Waals surface area (Å²) in [7, 11) is 0. The fourth-order valence-electron chi connectivity index (χ4n) is 2.56. The Balaban J connectivity index is 0.00000147. The van der Waals surface area contributed by atoms with Crippen LogP contribution >= 0.6 is 23.7 Å². The quantitative estimate of drug-likeness (QED) is 0.901.